The summed E-state index contributed by atoms with van der Waals surface area (Å²) in [5, 5.41) is 3.92. The minimum Gasteiger partial charge on any atom is -0.493 e. The molecule has 1 saturated carbocycles. The average molecular weight is 471 g/mol. The van der Waals surface area contributed by atoms with Crippen LogP contribution in [-0.4, -0.2) is 48.2 Å². The third-order valence-electron chi connectivity index (χ3n) is 7.01. The molecule has 2 atom stereocenters. The van der Waals surface area contributed by atoms with Crippen LogP contribution in [0.3, 0.4) is 0 Å². The van der Waals surface area contributed by atoms with Gasteiger partial charge in [-0.05, 0) is 62.1 Å². The fourth-order valence-corrected chi connectivity index (χ4v) is 5.82. The smallest absolute Gasteiger partial charge is 0.338 e. The van der Waals surface area contributed by atoms with Gasteiger partial charge in [-0.1, -0.05) is 25.9 Å². The van der Waals surface area contributed by atoms with Gasteiger partial charge in [0.05, 0.1) is 23.9 Å². The van der Waals surface area contributed by atoms with Crippen LogP contribution in [-0.2, 0) is 16.1 Å². The molecule has 1 aromatic carbocycles. The molecule has 2 bridgehead atoms. The lowest BCUT2D eigenvalue weighted by Gasteiger charge is -2.39. The molecule has 2 aliphatic rings. The van der Waals surface area contributed by atoms with Crippen LogP contribution in [0, 0.1) is 24.7 Å². The Morgan fingerprint density at radius 2 is 1.94 bits per heavy atom. The largest absolute Gasteiger partial charge is 0.493 e. The van der Waals surface area contributed by atoms with E-state index in [2.05, 4.69) is 25.9 Å². The highest BCUT2D eigenvalue weighted by atomic mass is 16.5. The van der Waals surface area contributed by atoms with E-state index in [1.807, 2.05) is 18.7 Å². The van der Waals surface area contributed by atoms with Crippen molar-refractivity contribution in [3.63, 3.8) is 0 Å². The fraction of sp³-hybridized carbons (Fsp3) is 0.577. The topological polar surface area (TPSA) is 91.1 Å². The number of aryl methyl sites for hydroxylation is 2. The van der Waals surface area contributed by atoms with Crippen molar-refractivity contribution >= 4 is 11.9 Å². The van der Waals surface area contributed by atoms with Gasteiger partial charge < -0.3 is 23.6 Å². The molecule has 4 rings (SSSR count). The molecule has 2 aromatic rings. The Labute approximate surface area is 200 Å². The third-order valence-corrected chi connectivity index (χ3v) is 7.01. The first-order chi connectivity index (χ1) is 16.0. The maximum atomic E-state index is 12.9. The quantitative estimate of drug-likeness (QED) is 0.552. The Hall–Kier alpha value is -3.03. The van der Waals surface area contributed by atoms with E-state index in [0.29, 0.717) is 22.8 Å². The molecule has 1 amide bonds. The van der Waals surface area contributed by atoms with Crippen molar-refractivity contribution in [2.24, 2.45) is 10.8 Å². The Morgan fingerprint density at radius 3 is 2.62 bits per heavy atom. The Kier molecular flexibility index (Phi) is 6.36. The number of hydrogen-bond donors (Lipinski definition) is 0. The highest BCUT2D eigenvalue weighted by Gasteiger charge is 2.50. The normalized spacial score (nSPS) is 23.0. The zero-order valence-electron chi connectivity index (χ0n) is 20.9. The van der Waals surface area contributed by atoms with E-state index in [9.17, 15) is 9.59 Å². The van der Waals surface area contributed by atoms with Crippen LogP contribution in [0.2, 0.25) is 0 Å². The number of hydrogen-bond acceptors (Lipinski definition) is 7. The van der Waals surface area contributed by atoms with Crippen LogP contribution in [0.25, 0.3) is 0 Å². The maximum absolute atomic E-state index is 12.9. The summed E-state index contributed by atoms with van der Waals surface area (Å²) in [6, 6.07) is 5.03. The molecule has 0 N–H and O–H groups in total. The van der Waals surface area contributed by atoms with Gasteiger partial charge in [0.1, 0.15) is 12.4 Å². The second kappa shape index (κ2) is 8.96. The Bertz CT molecular complexity index is 1070. The van der Waals surface area contributed by atoms with Crippen LogP contribution in [0.4, 0.5) is 0 Å². The van der Waals surface area contributed by atoms with E-state index in [1.54, 1.807) is 18.2 Å². The second-order valence-corrected chi connectivity index (χ2v) is 10.8. The van der Waals surface area contributed by atoms with Gasteiger partial charge in [0.25, 0.3) is 5.91 Å². The lowest BCUT2D eigenvalue weighted by Crippen LogP contribution is -2.39. The first-order valence-electron chi connectivity index (χ1n) is 11.7. The summed E-state index contributed by atoms with van der Waals surface area (Å²) >= 11 is 0. The number of nitrogens with zero attached hydrogens (tertiary/aromatic N) is 2. The van der Waals surface area contributed by atoms with Crippen molar-refractivity contribution in [1.29, 1.82) is 0 Å². The molecule has 8 nitrogen and oxygen atoms in total. The summed E-state index contributed by atoms with van der Waals surface area (Å²) in [4.78, 5) is 27.5. The van der Waals surface area contributed by atoms with Crippen LogP contribution in [0.1, 0.15) is 67.4 Å². The van der Waals surface area contributed by atoms with Crippen LogP contribution in [0.15, 0.2) is 22.7 Å². The number of aromatic nitrogens is 1. The van der Waals surface area contributed by atoms with E-state index in [1.165, 1.54) is 7.11 Å². The summed E-state index contributed by atoms with van der Waals surface area (Å²) in [5.41, 5.74) is 2.28. The lowest BCUT2D eigenvalue weighted by molar-refractivity contribution is -0.135. The number of methoxy groups -OCH3 is 1. The molecule has 1 aliphatic heterocycles. The fourth-order valence-electron chi connectivity index (χ4n) is 5.82. The molecule has 1 aromatic heterocycles. The molecule has 8 heteroatoms. The van der Waals surface area contributed by atoms with Crippen molar-refractivity contribution in [3.8, 4) is 11.5 Å². The van der Waals surface area contributed by atoms with Gasteiger partial charge in [-0.3, -0.25) is 4.79 Å². The van der Waals surface area contributed by atoms with Gasteiger partial charge in [-0.25, -0.2) is 4.79 Å². The molecule has 2 fully saturated rings. The van der Waals surface area contributed by atoms with Crippen molar-refractivity contribution in [3.05, 3.63) is 40.8 Å². The molecule has 1 saturated heterocycles. The van der Waals surface area contributed by atoms with Crippen molar-refractivity contribution in [2.45, 2.75) is 66.5 Å². The Balaban J connectivity index is 1.36. The number of amides is 1. The monoisotopic (exact) mass is 470 g/mol. The highest BCUT2D eigenvalue weighted by molar-refractivity contribution is 5.92. The molecule has 1 aliphatic carbocycles. The van der Waals surface area contributed by atoms with E-state index < -0.39 is 5.97 Å². The number of ether oxygens (including phenoxy) is 3. The van der Waals surface area contributed by atoms with Gasteiger partial charge in [-0.15, -0.1) is 0 Å². The SMILES string of the molecule is COc1cc(C(=O)OCC(=O)N2CC3(C)CC2CC(C)(C)C3)ccc1OCc1c(C)noc1C. The summed E-state index contributed by atoms with van der Waals surface area (Å²) in [5.74, 6) is 0.871. The molecule has 34 heavy (non-hydrogen) atoms. The van der Waals surface area contributed by atoms with E-state index in [-0.39, 0.29) is 36.0 Å². The van der Waals surface area contributed by atoms with E-state index in [0.717, 1.165) is 37.1 Å². The number of fused-ring (bicyclic) bond motifs is 2. The van der Waals surface area contributed by atoms with Crippen molar-refractivity contribution in [1.82, 2.24) is 10.1 Å². The number of rotatable bonds is 7. The molecule has 2 heterocycles. The Morgan fingerprint density at radius 1 is 1.18 bits per heavy atom. The summed E-state index contributed by atoms with van der Waals surface area (Å²) in [7, 11) is 1.50. The number of benzene rings is 1. The minimum absolute atomic E-state index is 0.133. The molecule has 0 spiro atoms. The maximum Gasteiger partial charge on any atom is 0.338 e. The number of carbonyl (C=O) groups excluding carboxylic acids is 2. The highest BCUT2D eigenvalue weighted by Crippen LogP contribution is 2.52. The standard InChI is InChI=1S/C26H34N2O6/c1-16-20(17(2)34-27-16)12-32-21-8-7-18(9-22(21)31-6)24(30)33-13-23(29)28-15-26(5)11-19(28)10-25(3,4)14-26/h7-9,19H,10-15H2,1-6H3. The lowest BCUT2D eigenvalue weighted by atomic mass is 9.65. The van der Waals surface area contributed by atoms with Crippen LogP contribution >= 0.6 is 0 Å². The van der Waals surface area contributed by atoms with Crippen LogP contribution < -0.4 is 9.47 Å². The summed E-state index contributed by atoms with van der Waals surface area (Å²) in [6.45, 7) is 11.2. The predicted molar refractivity (Wildman–Crippen MR) is 125 cm³/mol. The summed E-state index contributed by atoms with van der Waals surface area (Å²) in [6.07, 6.45) is 3.10. The zero-order chi connectivity index (χ0) is 24.7. The van der Waals surface area contributed by atoms with Gasteiger partial charge in [0.15, 0.2) is 18.1 Å². The predicted octanol–water partition coefficient (Wildman–Crippen LogP) is 4.46. The average Bonchev–Trinajstić information content (AvgIpc) is 3.23. The molecule has 184 valence electrons. The van der Waals surface area contributed by atoms with Gasteiger partial charge in [0, 0.05) is 12.6 Å². The van der Waals surface area contributed by atoms with E-state index in [4.69, 9.17) is 18.7 Å². The second-order valence-electron chi connectivity index (χ2n) is 10.8. The number of likely N-dealkylation sites (tertiary alicyclic amines) is 1. The first kappa shape index (κ1) is 24.1. The van der Waals surface area contributed by atoms with Gasteiger partial charge in [-0.2, -0.15) is 0 Å². The zero-order valence-corrected chi connectivity index (χ0v) is 20.9. The summed E-state index contributed by atoms with van der Waals surface area (Å²) < 4.78 is 21.8. The number of carbonyl (C=O) groups is 2. The molecular formula is C26H34N2O6. The van der Waals surface area contributed by atoms with E-state index >= 15 is 0 Å². The molecule has 2 unspecified atom stereocenters. The van der Waals surface area contributed by atoms with Crippen LogP contribution in [0.5, 0.6) is 11.5 Å². The van der Waals surface area contributed by atoms with Crippen molar-refractivity contribution < 1.29 is 28.3 Å². The minimum atomic E-state index is -0.572. The molecular weight excluding hydrogens is 436 g/mol. The third kappa shape index (κ3) is 4.91. The first-order valence-corrected chi connectivity index (χ1v) is 11.7. The van der Waals surface area contributed by atoms with Crippen molar-refractivity contribution in [2.75, 3.05) is 20.3 Å². The molecule has 0 radical (unpaired) electrons. The van der Waals surface area contributed by atoms with Gasteiger partial charge in [0.2, 0.25) is 0 Å². The number of esters is 1. The van der Waals surface area contributed by atoms with Gasteiger partial charge >= 0.3 is 5.97 Å².